The quantitative estimate of drug-likeness (QED) is 0.533. The minimum absolute atomic E-state index is 0.150. The number of rotatable bonds is 6. The largest absolute Gasteiger partial charge is 0.458 e. The van der Waals surface area contributed by atoms with Gasteiger partial charge in [0.15, 0.2) is 0 Å². The molecular weight excluding hydrogens is 340 g/mol. The number of hydrogen-bond donors (Lipinski definition) is 1. The van der Waals surface area contributed by atoms with Crippen LogP contribution in [0.3, 0.4) is 0 Å². The van der Waals surface area contributed by atoms with E-state index in [1.807, 2.05) is 60.3 Å². The van der Waals surface area contributed by atoms with Gasteiger partial charge in [-0.25, -0.2) is 4.79 Å². The van der Waals surface area contributed by atoms with Gasteiger partial charge in [0.2, 0.25) is 0 Å². The Labute approximate surface area is 157 Å². The van der Waals surface area contributed by atoms with E-state index in [4.69, 9.17) is 4.74 Å². The van der Waals surface area contributed by atoms with Crippen molar-refractivity contribution >= 4 is 23.6 Å². The highest BCUT2D eigenvalue weighted by molar-refractivity contribution is 6.04. The standard InChI is InChI=1S/C22H20N2O3/c1-24-15-5-8-20(24)13-14-21(25)27-16-17-9-11-18(12-10-17)22(26)23-19-6-3-2-4-7-19/h2-15H,16H2,1H3,(H,23,26). The summed E-state index contributed by atoms with van der Waals surface area (Å²) in [4.78, 5) is 24.0. The predicted molar refractivity (Wildman–Crippen MR) is 105 cm³/mol. The van der Waals surface area contributed by atoms with Gasteiger partial charge in [0.1, 0.15) is 6.61 Å². The first-order chi connectivity index (χ1) is 13.1. The molecule has 1 aromatic heterocycles. The molecule has 0 bridgehead atoms. The Bertz CT molecular complexity index is 941. The molecule has 0 aliphatic heterocycles. The fraction of sp³-hybridized carbons (Fsp3) is 0.0909. The van der Waals surface area contributed by atoms with Crippen molar-refractivity contribution in [1.82, 2.24) is 4.57 Å². The van der Waals surface area contributed by atoms with Crippen LogP contribution in [0, 0.1) is 0 Å². The highest BCUT2D eigenvalue weighted by Gasteiger charge is 2.06. The molecule has 0 aliphatic carbocycles. The maximum absolute atomic E-state index is 12.2. The number of amides is 1. The summed E-state index contributed by atoms with van der Waals surface area (Å²) in [5.74, 6) is -0.600. The SMILES string of the molecule is Cn1cccc1C=CC(=O)OCc1ccc(C(=O)Nc2ccccc2)cc1. The van der Waals surface area contributed by atoms with Gasteiger partial charge < -0.3 is 14.6 Å². The molecule has 5 nitrogen and oxygen atoms in total. The number of carbonyl (C=O) groups is 2. The molecule has 3 aromatic rings. The number of anilines is 1. The van der Waals surface area contributed by atoms with Crippen molar-refractivity contribution in [3.8, 4) is 0 Å². The second-order valence-corrected chi connectivity index (χ2v) is 6.00. The second-order valence-electron chi connectivity index (χ2n) is 6.00. The molecule has 0 atom stereocenters. The Kier molecular flexibility index (Phi) is 5.84. The van der Waals surface area contributed by atoms with Crippen LogP contribution in [-0.2, 0) is 23.2 Å². The smallest absolute Gasteiger partial charge is 0.331 e. The van der Waals surface area contributed by atoms with E-state index >= 15 is 0 Å². The average molecular weight is 360 g/mol. The van der Waals surface area contributed by atoms with Crippen LogP contribution in [0.2, 0.25) is 0 Å². The van der Waals surface area contributed by atoms with E-state index in [9.17, 15) is 9.59 Å². The zero-order chi connectivity index (χ0) is 19.1. The van der Waals surface area contributed by atoms with Crippen LogP contribution in [0.4, 0.5) is 5.69 Å². The highest BCUT2D eigenvalue weighted by Crippen LogP contribution is 2.11. The van der Waals surface area contributed by atoms with Crippen LogP contribution in [-0.4, -0.2) is 16.4 Å². The van der Waals surface area contributed by atoms with E-state index < -0.39 is 5.97 Å². The number of carbonyl (C=O) groups excluding carboxylic acids is 2. The number of esters is 1. The van der Waals surface area contributed by atoms with Crippen LogP contribution in [0.1, 0.15) is 21.6 Å². The van der Waals surface area contributed by atoms with Gasteiger partial charge >= 0.3 is 5.97 Å². The minimum atomic E-state index is -0.415. The molecule has 1 heterocycles. The van der Waals surface area contributed by atoms with Gasteiger partial charge in [-0.15, -0.1) is 0 Å². The van der Waals surface area contributed by atoms with E-state index in [0.29, 0.717) is 5.56 Å². The van der Waals surface area contributed by atoms with Gasteiger partial charge in [-0.3, -0.25) is 4.79 Å². The predicted octanol–water partition coefficient (Wildman–Crippen LogP) is 4.03. The first-order valence-electron chi connectivity index (χ1n) is 8.53. The number of aryl methyl sites for hydroxylation is 1. The Hall–Kier alpha value is -3.60. The van der Waals surface area contributed by atoms with Gasteiger partial charge in [0.05, 0.1) is 0 Å². The molecule has 2 aromatic carbocycles. The molecular formula is C22H20N2O3. The zero-order valence-corrected chi connectivity index (χ0v) is 15.0. The minimum Gasteiger partial charge on any atom is -0.458 e. The fourth-order valence-corrected chi connectivity index (χ4v) is 2.48. The molecule has 0 unspecified atom stereocenters. The molecule has 1 N–H and O–H groups in total. The summed E-state index contributed by atoms with van der Waals surface area (Å²) in [6.45, 7) is 0.150. The monoisotopic (exact) mass is 360 g/mol. The van der Waals surface area contributed by atoms with Gasteiger partial charge in [-0.2, -0.15) is 0 Å². The molecule has 0 spiro atoms. The third-order valence-corrected chi connectivity index (χ3v) is 4.00. The van der Waals surface area contributed by atoms with Crippen molar-refractivity contribution in [3.05, 3.63) is 95.8 Å². The third-order valence-electron chi connectivity index (χ3n) is 4.00. The molecule has 0 radical (unpaired) electrons. The molecule has 136 valence electrons. The first-order valence-corrected chi connectivity index (χ1v) is 8.53. The first kappa shape index (κ1) is 18.2. The van der Waals surface area contributed by atoms with Crippen LogP contribution in [0.15, 0.2) is 79.0 Å². The summed E-state index contributed by atoms with van der Waals surface area (Å²) < 4.78 is 7.13. The van der Waals surface area contributed by atoms with Crippen molar-refractivity contribution < 1.29 is 14.3 Å². The topological polar surface area (TPSA) is 60.3 Å². The lowest BCUT2D eigenvalue weighted by molar-refractivity contribution is -0.138. The van der Waals surface area contributed by atoms with Crippen molar-refractivity contribution in [2.45, 2.75) is 6.61 Å². The molecule has 3 rings (SSSR count). The van der Waals surface area contributed by atoms with Crippen molar-refractivity contribution in [3.63, 3.8) is 0 Å². The third kappa shape index (κ3) is 5.19. The zero-order valence-electron chi connectivity index (χ0n) is 15.0. The number of para-hydroxylation sites is 1. The molecule has 0 saturated carbocycles. The van der Waals surface area contributed by atoms with E-state index in [2.05, 4.69) is 5.32 Å². The second kappa shape index (κ2) is 8.67. The molecule has 1 amide bonds. The lowest BCUT2D eigenvalue weighted by atomic mass is 10.1. The molecule has 27 heavy (non-hydrogen) atoms. The lowest BCUT2D eigenvalue weighted by Crippen LogP contribution is -2.11. The number of aromatic nitrogens is 1. The summed E-state index contributed by atoms with van der Waals surface area (Å²) in [6, 6.07) is 20.0. The van der Waals surface area contributed by atoms with Crippen LogP contribution < -0.4 is 5.32 Å². The van der Waals surface area contributed by atoms with E-state index in [1.54, 1.807) is 30.3 Å². The van der Waals surface area contributed by atoms with Gasteiger partial charge in [0, 0.05) is 36.3 Å². The molecule has 0 saturated heterocycles. The van der Waals surface area contributed by atoms with Crippen molar-refractivity contribution in [2.75, 3.05) is 5.32 Å². The van der Waals surface area contributed by atoms with Crippen molar-refractivity contribution in [1.29, 1.82) is 0 Å². The summed E-state index contributed by atoms with van der Waals surface area (Å²) in [5.41, 5.74) is 3.01. The van der Waals surface area contributed by atoms with E-state index in [1.165, 1.54) is 6.08 Å². The van der Waals surface area contributed by atoms with E-state index in [0.717, 1.165) is 16.9 Å². The van der Waals surface area contributed by atoms with Crippen LogP contribution in [0.5, 0.6) is 0 Å². The summed E-state index contributed by atoms with van der Waals surface area (Å²) >= 11 is 0. The number of benzene rings is 2. The fourth-order valence-electron chi connectivity index (χ4n) is 2.48. The highest BCUT2D eigenvalue weighted by atomic mass is 16.5. The summed E-state index contributed by atoms with van der Waals surface area (Å²) in [5, 5.41) is 2.83. The molecule has 5 heteroatoms. The Morgan fingerprint density at radius 1 is 1.00 bits per heavy atom. The van der Waals surface area contributed by atoms with E-state index in [-0.39, 0.29) is 12.5 Å². The maximum Gasteiger partial charge on any atom is 0.331 e. The maximum atomic E-state index is 12.2. The van der Waals surface area contributed by atoms with Crippen molar-refractivity contribution in [2.24, 2.45) is 7.05 Å². The molecule has 0 aliphatic rings. The van der Waals surface area contributed by atoms with Gasteiger partial charge in [-0.1, -0.05) is 30.3 Å². The molecule has 0 fully saturated rings. The number of nitrogens with one attached hydrogen (secondary N) is 1. The lowest BCUT2D eigenvalue weighted by Gasteiger charge is -2.06. The number of hydrogen-bond acceptors (Lipinski definition) is 3. The Morgan fingerprint density at radius 3 is 2.41 bits per heavy atom. The average Bonchev–Trinajstić information content (AvgIpc) is 3.10. The Morgan fingerprint density at radius 2 is 1.74 bits per heavy atom. The summed E-state index contributed by atoms with van der Waals surface area (Å²) in [6.07, 6.45) is 5.01. The van der Waals surface area contributed by atoms with Gasteiger partial charge in [-0.05, 0) is 48.0 Å². The number of nitrogens with zero attached hydrogens (tertiary/aromatic N) is 1. The normalized spacial score (nSPS) is 10.7. The Balaban J connectivity index is 1.51. The summed E-state index contributed by atoms with van der Waals surface area (Å²) in [7, 11) is 1.90. The van der Waals surface area contributed by atoms with Crippen LogP contribution in [0.25, 0.3) is 6.08 Å². The van der Waals surface area contributed by atoms with Crippen LogP contribution >= 0.6 is 0 Å². The van der Waals surface area contributed by atoms with Gasteiger partial charge in [0.25, 0.3) is 5.91 Å². The number of ether oxygens (including phenoxy) is 1.